The second-order valence-electron chi connectivity index (χ2n) is 5.00. The summed E-state index contributed by atoms with van der Waals surface area (Å²) in [5.41, 5.74) is 7.64. The molecular weight excluding hydrogens is 170 g/mol. The lowest BCUT2D eigenvalue weighted by Crippen LogP contribution is -2.20. The van der Waals surface area contributed by atoms with Gasteiger partial charge in [-0.3, -0.25) is 0 Å². The molecule has 2 rings (SSSR count). The minimum atomic E-state index is 0.365. The third-order valence-corrected chi connectivity index (χ3v) is 4.10. The van der Waals surface area contributed by atoms with Crippen LogP contribution < -0.4 is 5.73 Å². The van der Waals surface area contributed by atoms with Crippen LogP contribution >= 0.6 is 0 Å². The highest BCUT2D eigenvalue weighted by Crippen LogP contribution is 2.40. The van der Waals surface area contributed by atoms with Crippen LogP contribution in [0.3, 0.4) is 0 Å². The normalized spacial score (nSPS) is 38.4. The molecule has 1 nitrogen and oxygen atoms in total. The van der Waals surface area contributed by atoms with E-state index in [0.29, 0.717) is 6.04 Å². The molecule has 1 fully saturated rings. The molecule has 0 aromatic heterocycles. The highest BCUT2D eigenvalue weighted by atomic mass is 14.6. The molecule has 1 heteroatoms. The molecule has 14 heavy (non-hydrogen) atoms. The molecule has 2 N–H and O–H groups in total. The highest BCUT2D eigenvalue weighted by molar-refractivity contribution is 5.17. The van der Waals surface area contributed by atoms with E-state index in [0.717, 1.165) is 11.8 Å². The van der Waals surface area contributed by atoms with Gasteiger partial charge in [0.15, 0.2) is 0 Å². The molecule has 2 aliphatic carbocycles. The third kappa shape index (κ3) is 2.03. The van der Waals surface area contributed by atoms with E-state index in [9.17, 15) is 0 Å². The fourth-order valence-electron chi connectivity index (χ4n) is 3.27. The van der Waals surface area contributed by atoms with Gasteiger partial charge in [0.25, 0.3) is 0 Å². The molecule has 0 aliphatic heterocycles. The number of hydrogen-bond acceptors (Lipinski definition) is 1. The van der Waals surface area contributed by atoms with Crippen LogP contribution in [-0.4, -0.2) is 6.04 Å². The Balaban J connectivity index is 2.03. The SMILES string of the molecule is CCC1CCCCC1C1=CC(N)CC1. The third-order valence-electron chi connectivity index (χ3n) is 4.10. The largest absolute Gasteiger partial charge is 0.324 e. The maximum Gasteiger partial charge on any atom is 0.0229 e. The lowest BCUT2D eigenvalue weighted by molar-refractivity contribution is 0.261. The first-order valence-electron chi connectivity index (χ1n) is 6.27. The van der Waals surface area contributed by atoms with Crippen molar-refractivity contribution in [3.05, 3.63) is 11.6 Å². The number of hydrogen-bond donors (Lipinski definition) is 1. The summed E-state index contributed by atoms with van der Waals surface area (Å²) in [4.78, 5) is 0. The highest BCUT2D eigenvalue weighted by Gasteiger charge is 2.28. The Morgan fingerprint density at radius 3 is 2.71 bits per heavy atom. The van der Waals surface area contributed by atoms with Crippen LogP contribution in [0.1, 0.15) is 51.9 Å². The summed E-state index contributed by atoms with van der Waals surface area (Å²) < 4.78 is 0. The van der Waals surface area contributed by atoms with Gasteiger partial charge in [-0.1, -0.05) is 37.8 Å². The lowest BCUT2D eigenvalue weighted by atomic mass is 9.74. The second-order valence-corrected chi connectivity index (χ2v) is 5.00. The van der Waals surface area contributed by atoms with Gasteiger partial charge in [0.05, 0.1) is 0 Å². The molecule has 0 radical (unpaired) electrons. The zero-order chi connectivity index (χ0) is 9.97. The molecule has 0 bridgehead atoms. The summed E-state index contributed by atoms with van der Waals surface area (Å²) in [7, 11) is 0. The molecule has 80 valence electrons. The molecule has 2 aliphatic rings. The van der Waals surface area contributed by atoms with Gasteiger partial charge in [-0.05, 0) is 37.5 Å². The van der Waals surface area contributed by atoms with E-state index in [1.54, 1.807) is 5.57 Å². The zero-order valence-electron chi connectivity index (χ0n) is 9.34. The van der Waals surface area contributed by atoms with Crippen molar-refractivity contribution in [1.82, 2.24) is 0 Å². The van der Waals surface area contributed by atoms with Crippen molar-refractivity contribution >= 4 is 0 Å². The molecule has 3 atom stereocenters. The maximum atomic E-state index is 5.94. The Bertz CT molecular complexity index is 219. The Morgan fingerprint density at radius 2 is 2.07 bits per heavy atom. The van der Waals surface area contributed by atoms with Crippen molar-refractivity contribution in [3.8, 4) is 0 Å². The number of allylic oxidation sites excluding steroid dienone is 1. The minimum Gasteiger partial charge on any atom is -0.324 e. The van der Waals surface area contributed by atoms with Gasteiger partial charge in [0.2, 0.25) is 0 Å². The Morgan fingerprint density at radius 1 is 1.29 bits per heavy atom. The molecule has 0 aromatic rings. The van der Waals surface area contributed by atoms with Crippen molar-refractivity contribution in [1.29, 1.82) is 0 Å². The van der Waals surface area contributed by atoms with Crippen LogP contribution in [-0.2, 0) is 0 Å². The van der Waals surface area contributed by atoms with E-state index >= 15 is 0 Å². The van der Waals surface area contributed by atoms with Crippen molar-refractivity contribution in [3.63, 3.8) is 0 Å². The van der Waals surface area contributed by atoms with E-state index in [2.05, 4.69) is 13.0 Å². The smallest absolute Gasteiger partial charge is 0.0229 e. The number of nitrogens with two attached hydrogens (primary N) is 1. The maximum absolute atomic E-state index is 5.94. The van der Waals surface area contributed by atoms with Crippen molar-refractivity contribution in [2.45, 2.75) is 57.9 Å². The van der Waals surface area contributed by atoms with Gasteiger partial charge in [0.1, 0.15) is 0 Å². The first kappa shape index (κ1) is 10.2. The average Bonchev–Trinajstić information content (AvgIpc) is 2.65. The zero-order valence-corrected chi connectivity index (χ0v) is 9.34. The molecule has 3 unspecified atom stereocenters. The molecule has 0 aromatic carbocycles. The minimum absolute atomic E-state index is 0.365. The lowest BCUT2D eigenvalue weighted by Gasteiger charge is -2.32. The van der Waals surface area contributed by atoms with Gasteiger partial charge in [-0.2, -0.15) is 0 Å². The summed E-state index contributed by atoms with van der Waals surface area (Å²) in [6, 6.07) is 0.365. The van der Waals surface area contributed by atoms with Crippen LogP contribution in [0.25, 0.3) is 0 Å². The summed E-state index contributed by atoms with van der Waals surface area (Å²) >= 11 is 0. The van der Waals surface area contributed by atoms with Crippen LogP contribution in [0.15, 0.2) is 11.6 Å². The van der Waals surface area contributed by atoms with E-state index in [1.807, 2.05) is 0 Å². The van der Waals surface area contributed by atoms with E-state index < -0.39 is 0 Å². The predicted molar refractivity (Wildman–Crippen MR) is 61.0 cm³/mol. The summed E-state index contributed by atoms with van der Waals surface area (Å²) in [5, 5.41) is 0. The first-order valence-corrected chi connectivity index (χ1v) is 6.27. The van der Waals surface area contributed by atoms with Crippen molar-refractivity contribution < 1.29 is 0 Å². The summed E-state index contributed by atoms with van der Waals surface area (Å²) in [6.45, 7) is 2.35. The standard InChI is InChI=1S/C13H23N/c1-2-10-5-3-4-6-13(10)11-7-8-12(14)9-11/h9-10,12-13H,2-8,14H2,1H3. The first-order chi connectivity index (χ1) is 6.81. The number of rotatable bonds is 2. The summed E-state index contributed by atoms with van der Waals surface area (Å²) in [6.07, 6.45) is 12.0. The molecule has 0 amide bonds. The molecular formula is C13H23N. The summed E-state index contributed by atoms with van der Waals surface area (Å²) in [5.74, 6) is 1.85. The van der Waals surface area contributed by atoms with Crippen LogP contribution in [0.4, 0.5) is 0 Å². The van der Waals surface area contributed by atoms with Gasteiger partial charge >= 0.3 is 0 Å². The van der Waals surface area contributed by atoms with E-state index in [-0.39, 0.29) is 0 Å². The predicted octanol–water partition coefficient (Wildman–Crippen LogP) is 3.25. The van der Waals surface area contributed by atoms with Crippen molar-refractivity contribution in [2.24, 2.45) is 17.6 Å². The second kappa shape index (κ2) is 4.48. The van der Waals surface area contributed by atoms with Gasteiger partial charge in [-0.25, -0.2) is 0 Å². The fourth-order valence-corrected chi connectivity index (χ4v) is 3.27. The molecule has 1 saturated carbocycles. The topological polar surface area (TPSA) is 26.0 Å². The monoisotopic (exact) mass is 193 g/mol. The van der Waals surface area contributed by atoms with Crippen molar-refractivity contribution in [2.75, 3.05) is 0 Å². The van der Waals surface area contributed by atoms with Gasteiger partial charge in [0, 0.05) is 6.04 Å². The van der Waals surface area contributed by atoms with Crippen LogP contribution in [0, 0.1) is 11.8 Å². The molecule has 0 spiro atoms. The Kier molecular flexibility index (Phi) is 3.27. The van der Waals surface area contributed by atoms with E-state index in [1.165, 1.54) is 44.9 Å². The quantitative estimate of drug-likeness (QED) is 0.669. The molecule has 0 saturated heterocycles. The molecule has 0 heterocycles. The Hall–Kier alpha value is -0.300. The Labute approximate surface area is 87.8 Å². The van der Waals surface area contributed by atoms with E-state index in [4.69, 9.17) is 5.73 Å². The van der Waals surface area contributed by atoms with Gasteiger partial charge < -0.3 is 5.73 Å². The average molecular weight is 193 g/mol. The fraction of sp³-hybridized carbons (Fsp3) is 0.846. The van der Waals surface area contributed by atoms with Crippen LogP contribution in [0.2, 0.25) is 0 Å². The van der Waals surface area contributed by atoms with Gasteiger partial charge in [-0.15, -0.1) is 0 Å². The van der Waals surface area contributed by atoms with Crippen LogP contribution in [0.5, 0.6) is 0 Å².